The number of aromatic hydroxyl groups is 1. The summed E-state index contributed by atoms with van der Waals surface area (Å²) in [5.41, 5.74) is -2.91. The van der Waals surface area contributed by atoms with Gasteiger partial charge in [-0.05, 0) is 33.8 Å². The van der Waals surface area contributed by atoms with E-state index in [9.17, 15) is 24.3 Å². The molecule has 33 heavy (non-hydrogen) atoms. The molecule has 0 radical (unpaired) electrons. The van der Waals surface area contributed by atoms with E-state index in [1.165, 1.54) is 7.11 Å². The number of nitrogens with one attached hydrogen (secondary N) is 2. The second kappa shape index (κ2) is 7.84. The van der Waals surface area contributed by atoms with E-state index < -0.39 is 46.4 Å². The van der Waals surface area contributed by atoms with Crippen LogP contribution in [0.4, 0.5) is 0 Å². The van der Waals surface area contributed by atoms with Gasteiger partial charge in [0.1, 0.15) is 0 Å². The Morgan fingerprint density at radius 3 is 2.21 bits per heavy atom. The zero-order chi connectivity index (χ0) is 24.2. The minimum Gasteiger partial charge on any atom is -0.494 e. The van der Waals surface area contributed by atoms with Crippen molar-refractivity contribution in [3.8, 4) is 23.3 Å². The van der Waals surface area contributed by atoms with Crippen molar-refractivity contribution in [2.75, 3.05) is 7.11 Å². The van der Waals surface area contributed by atoms with Crippen molar-refractivity contribution in [1.82, 2.24) is 19.1 Å². The highest BCUT2D eigenvalue weighted by molar-refractivity contribution is 5.61. The van der Waals surface area contributed by atoms with Gasteiger partial charge in [-0.25, -0.2) is 9.59 Å². The molecule has 3 N–H and O–H groups in total. The van der Waals surface area contributed by atoms with Crippen LogP contribution in [0.1, 0.15) is 62.4 Å². The molecule has 0 aliphatic carbocycles. The van der Waals surface area contributed by atoms with Crippen LogP contribution in [-0.2, 0) is 0 Å². The lowest BCUT2D eigenvalue weighted by molar-refractivity contribution is 0.351. The van der Waals surface area contributed by atoms with Crippen LogP contribution >= 0.6 is 0 Å². The number of benzene rings is 1. The van der Waals surface area contributed by atoms with Crippen LogP contribution in [0.15, 0.2) is 37.4 Å². The van der Waals surface area contributed by atoms with E-state index >= 15 is 0 Å². The molecule has 3 heterocycles. The highest BCUT2D eigenvalue weighted by atomic mass is 16.5. The van der Waals surface area contributed by atoms with Crippen LogP contribution < -0.4 is 32.0 Å². The Morgan fingerprint density at radius 2 is 1.61 bits per heavy atom. The fourth-order valence-corrected chi connectivity index (χ4v) is 4.23. The number of para-hydroxylation sites is 1. The van der Waals surface area contributed by atoms with Gasteiger partial charge in [0.25, 0.3) is 11.1 Å². The summed E-state index contributed by atoms with van der Waals surface area (Å²) in [7, 11) is 1.42. The summed E-state index contributed by atoms with van der Waals surface area (Å²) in [6, 6.07) is 3.91. The van der Waals surface area contributed by atoms with Crippen molar-refractivity contribution < 1.29 is 14.6 Å². The molecule has 0 fully saturated rings. The number of hydrogen-bond donors (Lipinski definition) is 3. The topological polar surface area (TPSA) is 148 Å². The molecular weight excluding hydrogens is 432 g/mol. The molecule has 0 saturated heterocycles. The lowest BCUT2D eigenvalue weighted by Crippen LogP contribution is -2.42. The molecule has 4 rings (SSSR count). The van der Waals surface area contributed by atoms with Gasteiger partial charge in [-0.2, -0.15) is 0 Å². The number of ether oxygens (including phenoxy) is 2. The molecule has 1 aliphatic heterocycles. The molecule has 0 spiro atoms. The predicted molar refractivity (Wildman–Crippen MR) is 119 cm³/mol. The van der Waals surface area contributed by atoms with Crippen molar-refractivity contribution in [2.45, 2.75) is 45.7 Å². The lowest BCUT2D eigenvalue weighted by atomic mass is 9.84. The first kappa shape index (κ1) is 22.2. The quantitative estimate of drug-likeness (QED) is 0.422. The van der Waals surface area contributed by atoms with Crippen molar-refractivity contribution in [3.05, 3.63) is 76.6 Å². The molecule has 11 nitrogen and oxygen atoms in total. The molecule has 0 amide bonds. The first-order valence-electron chi connectivity index (χ1n) is 10.4. The number of aromatic nitrogens is 4. The monoisotopic (exact) mass is 456 g/mol. The van der Waals surface area contributed by atoms with Gasteiger partial charge in [-0.3, -0.25) is 28.7 Å². The maximum absolute atomic E-state index is 13.5. The predicted octanol–water partition coefficient (Wildman–Crippen LogP) is 1.55. The minimum atomic E-state index is -1.15. The Bertz CT molecular complexity index is 1490. The Balaban J connectivity index is 2.20. The van der Waals surface area contributed by atoms with E-state index in [0.717, 1.165) is 9.13 Å². The van der Waals surface area contributed by atoms with Gasteiger partial charge in [0.2, 0.25) is 11.8 Å². The molecule has 0 saturated carbocycles. The summed E-state index contributed by atoms with van der Waals surface area (Å²) < 4.78 is 13.3. The normalized spacial score (nSPS) is 14.7. The Hall–Kier alpha value is -4.02. The Kier molecular flexibility index (Phi) is 5.27. The van der Waals surface area contributed by atoms with Crippen LogP contribution in [0.3, 0.4) is 0 Å². The lowest BCUT2D eigenvalue weighted by Gasteiger charge is -2.29. The van der Waals surface area contributed by atoms with Gasteiger partial charge < -0.3 is 14.6 Å². The van der Waals surface area contributed by atoms with Gasteiger partial charge >= 0.3 is 11.4 Å². The standard InChI is InChI=1S/C22H24N4O7/c1-9(2)25-19(28)14(17(27)23-21(25)30)13-11-7-6-8-12(32-5)16(11)33-18-15(13)20(29)26(10(3)4)22(31)24-18/h6-10,13,28H,1-5H3,(H,24,31)(H,23,27,30)/t13-/m0/s1. The molecule has 174 valence electrons. The summed E-state index contributed by atoms with van der Waals surface area (Å²) in [4.78, 5) is 56.3. The third-order valence-corrected chi connectivity index (χ3v) is 5.64. The Labute approximate surface area is 186 Å². The average molecular weight is 456 g/mol. The molecule has 11 heteroatoms. The third kappa shape index (κ3) is 3.27. The highest BCUT2D eigenvalue weighted by Crippen LogP contribution is 2.49. The SMILES string of the molecule is COc1cccc2c1Oc1[nH]c(=O)n(C(C)C)c(=O)c1[C@@H]2c1c(O)n(C(C)C)c(=O)[nH]c1=O. The summed E-state index contributed by atoms with van der Waals surface area (Å²) in [5, 5.41) is 11.1. The highest BCUT2D eigenvalue weighted by Gasteiger charge is 2.39. The number of nitrogens with zero attached hydrogens (tertiary/aromatic N) is 2. The van der Waals surface area contributed by atoms with Gasteiger partial charge in [-0.15, -0.1) is 0 Å². The maximum atomic E-state index is 13.5. The van der Waals surface area contributed by atoms with E-state index in [-0.39, 0.29) is 22.8 Å². The number of hydrogen-bond acceptors (Lipinski definition) is 7. The minimum absolute atomic E-state index is 0.0428. The van der Waals surface area contributed by atoms with Gasteiger partial charge in [0, 0.05) is 17.6 Å². The maximum Gasteiger partial charge on any atom is 0.331 e. The number of methoxy groups -OCH3 is 1. The van der Waals surface area contributed by atoms with Crippen LogP contribution in [0, 0.1) is 0 Å². The average Bonchev–Trinajstić information content (AvgIpc) is 2.71. The molecule has 1 atom stereocenters. The van der Waals surface area contributed by atoms with Gasteiger partial charge in [0.05, 0.1) is 24.2 Å². The second-order valence-electron chi connectivity index (χ2n) is 8.32. The van der Waals surface area contributed by atoms with Gasteiger partial charge in [-0.1, -0.05) is 12.1 Å². The molecule has 0 unspecified atom stereocenters. The smallest absolute Gasteiger partial charge is 0.331 e. The van der Waals surface area contributed by atoms with E-state index in [1.807, 2.05) is 0 Å². The number of aromatic amines is 2. The first-order valence-corrected chi connectivity index (χ1v) is 10.4. The summed E-state index contributed by atoms with van der Waals surface area (Å²) >= 11 is 0. The summed E-state index contributed by atoms with van der Waals surface area (Å²) in [5.74, 6) is -1.42. The molecule has 1 aromatic carbocycles. The third-order valence-electron chi connectivity index (χ3n) is 5.64. The molecule has 3 aromatic rings. The van der Waals surface area contributed by atoms with E-state index in [0.29, 0.717) is 11.3 Å². The van der Waals surface area contributed by atoms with Crippen LogP contribution in [0.25, 0.3) is 0 Å². The van der Waals surface area contributed by atoms with Crippen LogP contribution in [0.2, 0.25) is 0 Å². The molecule has 0 bridgehead atoms. The summed E-state index contributed by atoms with van der Waals surface area (Å²) in [6.07, 6.45) is 0. The first-order chi connectivity index (χ1) is 15.6. The van der Waals surface area contributed by atoms with Crippen LogP contribution in [0.5, 0.6) is 23.3 Å². The summed E-state index contributed by atoms with van der Waals surface area (Å²) in [6.45, 7) is 6.67. The molecular formula is C22H24N4O7. The zero-order valence-electron chi connectivity index (χ0n) is 18.8. The second-order valence-corrected chi connectivity index (χ2v) is 8.32. The van der Waals surface area contributed by atoms with Crippen molar-refractivity contribution in [1.29, 1.82) is 0 Å². The van der Waals surface area contributed by atoms with Crippen LogP contribution in [-0.4, -0.2) is 31.3 Å². The largest absolute Gasteiger partial charge is 0.494 e. The van der Waals surface area contributed by atoms with E-state index in [2.05, 4.69) is 9.97 Å². The Morgan fingerprint density at radius 1 is 0.970 bits per heavy atom. The van der Waals surface area contributed by atoms with E-state index in [1.54, 1.807) is 45.9 Å². The number of fused-ring (bicyclic) bond motifs is 2. The zero-order valence-corrected chi connectivity index (χ0v) is 18.8. The molecule has 2 aromatic heterocycles. The fraction of sp³-hybridized carbons (Fsp3) is 0.364. The van der Waals surface area contributed by atoms with Gasteiger partial charge in [0.15, 0.2) is 11.5 Å². The molecule has 1 aliphatic rings. The van der Waals surface area contributed by atoms with Crippen molar-refractivity contribution in [2.24, 2.45) is 0 Å². The number of rotatable bonds is 4. The van der Waals surface area contributed by atoms with Crippen molar-refractivity contribution >= 4 is 0 Å². The fourth-order valence-electron chi connectivity index (χ4n) is 4.23. The van der Waals surface area contributed by atoms with E-state index in [4.69, 9.17) is 9.47 Å². The van der Waals surface area contributed by atoms with Crippen molar-refractivity contribution in [3.63, 3.8) is 0 Å². The number of H-pyrrole nitrogens is 2.